The number of pyridine rings is 1. The Bertz CT molecular complexity index is 967. The van der Waals surface area contributed by atoms with Crippen LogP contribution in [0.25, 0.3) is 10.9 Å². The van der Waals surface area contributed by atoms with Crippen molar-refractivity contribution in [3.05, 3.63) is 66.0 Å². The summed E-state index contributed by atoms with van der Waals surface area (Å²) in [5.74, 6) is 0.354. The fourth-order valence-electron chi connectivity index (χ4n) is 3.34. The van der Waals surface area contributed by atoms with E-state index in [-0.39, 0.29) is 17.0 Å². The van der Waals surface area contributed by atoms with Crippen molar-refractivity contribution in [1.29, 1.82) is 0 Å². The van der Waals surface area contributed by atoms with Gasteiger partial charge in [-0.2, -0.15) is 4.57 Å². The summed E-state index contributed by atoms with van der Waals surface area (Å²) in [7, 11) is 0. The summed E-state index contributed by atoms with van der Waals surface area (Å²) in [5.41, 5.74) is 7.95. The highest BCUT2D eigenvalue weighted by Gasteiger charge is 2.51. The Morgan fingerprint density at radius 3 is 2.92 bits per heavy atom. The van der Waals surface area contributed by atoms with Crippen LogP contribution in [0.2, 0.25) is 0 Å². The van der Waals surface area contributed by atoms with E-state index in [0.29, 0.717) is 12.3 Å². The molecule has 0 saturated carbocycles. The van der Waals surface area contributed by atoms with Crippen LogP contribution in [-0.2, 0) is 16.1 Å². The number of hydrogen-bond donors (Lipinski definition) is 1. The molecule has 2 aliphatic rings. The van der Waals surface area contributed by atoms with Gasteiger partial charge < -0.3 is 5.73 Å². The van der Waals surface area contributed by atoms with Gasteiger partial charge in [-0.25, -0.2) is 0 Å². The lowest BCUT2D eigenvalue weighted by Gasteiger charge is -2.48. The van der Waals surface area contributed by atoms with E-state index in [1.165, 1.54) is 4.90 Å². The van der Waals surface area contributed by atoms with Crippen molar-refractivity contribution in [1.82, 2.24) is 4.90 Å². The number of para-hydroxylation sites is 1. The highest BCUT2D eigenvalue weighted by Crippen LogP contribution is 2.40. The van der Waals surface area contributed by atoms with Crippen molar-refractivity contribution < 1.29 is 14.2 Å². The van der Waals surface area contributed by atoms with Crippen molar-refractivity contribution in [2.75, 3.05) is 5.75 Å². The first-order chi connectivity index (χ1) is 12.6. The third-order valence-electron chi connectivity index (χ3n) is 4.63. The van der Waals surface area contributed by atoms with Crippen LogP contribution in [0.1, 0.15) is 0 Å². The fourth-order valence-corrected chi connectivity index (χ4v) is 4.81. The molecule has 1 fully saturated rings. The van der Waals surface area contributed by atoms with E-state index in [0.717, 1.165) is 16.5 Å². The first-order valence-corrected chi connectivity index (χ1v) is 9.67. The molecule has 0 spiro atoms. The SMILES string of the molecule is N[C@@H]1C(=O)N2C(C(=O)Cl)=C(C=CC[n+]3cccc4ccccc43)CS[C@H]12. The molecule has 1 aromatic heterocycles. The van der Waals surface area contributed by atoms with Crippen LogP contribution in [0, 0.1) is 0 Å². The number of β-lactam (4-membered cyclic amide) rings is 1. The molecule has 0 radical (unpaired) electrons. The predicted molar refractivity (Wildman–Crippen MR) is 102 cm³/mol. The number of amides is 1. The van der Waals surface area contributed by atoms with Crippen molar-refractivity contribution in [2.24, 2.45) is 5.73 Å². The molecule has 3 heterocycles. The van der Waals surface area contributed by atoms with Crippen molar-refractivity contribution >= 4 is 45.4 Å². The maximum atomic E-state index is 12.0. The zero-order valence-electron chi connectivity index (χ0n) is 13.8. The minimum Gasteiger partial charge on any atom is -0.317 e. The van der Waals surface area contributed by atoms with Crippen LogP contribution in [-0.4, -0.2) is 33.2 Å². The molecule has 2 atom stereocenters. The summed E-state index contributed by atoms with van der Waals surface area (Å²) in [6.07, 6.45) is 5.87. The van der Waals surface area contributed by atoms with Gasteiger partial charge in [0, 0.05) is 23.3 Å². The average Bonchev–Trinajstić information content (AvgIpc) is 2.66. The van der Waals surface area contributed by atoms with Gasteiger partial charge in [-0.15, -0.1) is 11.8 Å². The third kappa shape index (κ3) is 2.84. The highest BCUT2D eigenvalue weighted by molar-refractivity contribution is 8.00. The summed E-state index contributed by atoms with van der Waals surface area (Å²) < 4.78 is 2.12. The highest BCUT2D eigenvalue weighted by atomic mass is 35.5. The zero-order valence-corrected chi connectivity index (χ0v) is 15.4. The smallest absolute Gasteiger partial charge is 0.269 e. The number of carbonyl (C=O) groups is 2. The number of fused-ring (bicyclic) bond motifs is 2. The van der Waals surface area contributed by atoms with Gasteiger partial charge in [-0.1, -0.05) is 18.2 Å². The first kappa shape index (κ1) is 17.3. The molecular weight excluding hydrogens is 370 g/mol. The van der Waals surface area contributed by atoms with Crippen LogP contribution in [0.4, 0.5) is 0 Å². The molecule has 2 aliphatic heterocycles. The summed E-state index contributed by atoms with van der Waals surface area (Å²) >= 11 is 7.31. The monoisotopic (exact) mass is 386 g/mol. The van der Waals surface area contributed by atoms with E-state index in [1.54, 1.807) is 11.8 Å². The second-order valence-corrected chi connectivity index (χ2v) is 7.65. The van der Waals surface area contributed by atoms with Crippen molar-refractivity contribution in [2.45, 2.75) is 18.0 Å². The number of hydrogen-bond acceptors (Lipinski definition) is 4. The van der Waals surface area contributed by atoms with Crippen LogP contribution in [0.15, 0.2) is 66.0 Å². The molecule has 0 bridgehead atoms. The van der Waals surface area contributed by atoms with Gasteiger partial charge in [0.25, 0.3) is 5.24 Å². The fraction of sp³-hybridized carbons (Fsp3) is 0.211. The molecule has 4 rings (SSSR count). The normalized spacial score (nSPS) is 22.7. The number of aromatic nitrogens is 1. The van der Waals surface area contributed by atoms with E-state index in [1.807, 2.05) is 36.5 Å². The quantitative estimate of drug-likeness (QED) is 0.495. The number of nitrogens with two attached hydrogens (primary N) is 1. The second-order valence-electron chi connectivity index (χ2n) is 6.20. The van der Waals surface area contributed by atoms with Crippen molar-refractivity contribution in [3.63, 3.8) is 0 Å². The number of carbonyl (C=O) groups excluding carboxylic acids is 2. The van der Waals surface area contributed by atoms with E-state index in [4.69, 9.17) is 17.3 Å². The van der Waals surface area contributed by atoms with Gasteiger partial charge in [0.1, 0.15) is 17.1 Å². The maximum Gasteiger partial charge on any atom is 0.269 e. The lowest BCUT2D eigenvalue weighted by atomic mass is 10.0. The molecule has 132 valence electrons. The zero-order chi connectivity index (χ0) is 18.3. The van der Waals surface area contributed by atoms with E-state index >= 15 is 0 Å². The average molecular weight is 387 g/mol. The number of benzene rings is 1. The van der Waals surface area contributed by atoms with E-state index < -0.39 is 11.3 Å². The van der Waals surface area contributed by atoms with E-state index in [9.17, 15) is 9.59 Å². The molecule has 1 aromatic carbocycles. The van der Waals surface area contributed by atoms with Crippen LogP contribution >= 0.6 is 23.4 Å². The Balaban J connectivity index is 1.61. The Hall–Kier alpha value is -2.15. The number of allylic oxidation sites excluding steroid dienone is 3. The molecule has 2 N–H and O–H groups in total. The Kier molecular flexibility index (Phi) is 4.56. The second kappa shape index (κ2) is 6.87. The van der Waals surface area contributed by atoms with Gasteiger partial charge in [-0.3, -0.25) is 14.5 Å². The molecule has 5 nitrogen and oxygen atoms in total. The van der Waals surface area contributed by atoms with Gasteiger partial charge >= 0.3 is 0 Å². The maximum absolute atomic E-state index is 12.0. The molecule has 1 saturated heterocycles. The molecular formula is C19H17ClN3O2S+. The largest absolute Gasteiger partial charge is 0.317 e. The molecule has 1 amide bonds. The summed E-state index contributed by atoms with van der Waals surface area (Å²) in [6.45, 7) is 0.649. The van der Waals surface area contributed by atoms with Crippen LogP contribution in [0.3, 0.4) is 0 Å². The van der Waals surface area contributed by atoms with Gasteiger partial charge in [0.2, 0.25) is 11.4 Å². The lowest BCUT2D eigenvalue weighted by molar-refractivity contribution is -0.661. The molecule has 2 aromatic rings. The standard InChI is InChI=1S/C19H17ClN3O2S/c20-17(24)16-13(11-26-19-15(21)18(25)23(16)19)7-4-10-22-9-3-6-12-5-1-2-8-14(12)22/h1-9,15,19H,10-11,21H2/q+1/t15-,19-/m1/s1. The summed E-state index contributed by atoms with van der Waals surface area (Å²) in [5, 5.41) is 0.355. The Morgan fingerprint density at radius 1 is 1.35 bits per heavy atom. The molecule has 26 heavy (non-hydrogen) atoms. The van der Waals surface area contributed by atoms with Crippen LogP contribution in [0.5, 0.6) is 0 Å². The Labute approximate surface area is 160 Å². The van der Waals surface area contributed by atoms with Gasteiger partial charge in [0.05, 0.1) is 0 Å². The third-order valence-corrected chi connectivity index (χ3v) is 6.14. The molecule has 7 heteroatoms. The number of nitrogens with zero attached hydrogens (tertiary/aromatic N) is 2. The summed E-state index contributed by atoms with van der Waals surface area (Å²) in [6, 6.07) is 11.7. The summed E-state index contributed by atoms with van der Waals surface area (Å²) in [4.78, 5) is 25.3. The van der Waals surface area contributed by atoms with Crippen molar-refractivity contribution in [3.8, 4) is 0 Å². The van der Waals surface area contributed by atoms with E-state index in [2.05, 4.69) is 22.8 Å². The lowest BCUT2D eigenvalue weighted by Crippen LogP contribution is -2.68. The topological polar surface area (TPSA) is 67.3 Å². The van der Waals surface area contributed by atoms with Gasteiger partial charge in [-0.05, 0) is 35.4 Å². The number of halogens is 1. The molecule has 0 aliphatic carbocycles. The Morgan fingerprint density at radius 2 is 2.12 bits per heavy atom. The minimum absolute atomic E-state index is 0.190. The number of thioether (sulfide) groups is 1. The predicted octanol–water partition coefficient (Wildman–Crippen LogP) is 1.95. The first-order valence-electron chi connectivity index (χ1n) is 8.25. The van der Waals surface area contributed by atoms with Gasteiger partial charge in [0.15, 0.2) is 12.7 Å². The minimum atomic E-state index is -0.618. The van der Waals surface area contributed by atoms with Crippen LogP contribution < -0.4 is 10.3 Å². The number of rotatable bonds is 4. The molecule has 0 unspecified atom stereocenters.